The summed E-state index contributed by atoms with van der Waals surface area (Å²) in [6, 6.07) is 1.68. The van der Waals surface area contributed by atoms with Crippen molar-refractivity contribution >= 4 is 34.5 Å². The smallest absolute Gasteiger partial charge is 0.108 e. The molecule has 0 saturated carbocycles. The van der Waals surface area contributed by atoms with Crippen LogP contribution in [-0.2, 0) is 6.42 Å². The van der Waals surface area contributed by atoms with Gasteiger partial charge in [0.2, 0.25) is 0 Å². The molecular formula is C9H8Cl2N2OS. The lowest BCUT2D eigenvalue weighted by Gasteiger charge is -2.06. The summed E-state index contributed by atoms with van der Waals surface area (Å²) in [5.41, 5.74) is 0.656. The lowest BCUT2D eigenvalue weighted by Crippen LogP contribution is -2.02. The minimum absolute atomic E-state index is 0.403. The zero-order valence-corrected chi connectivity index (χ0v) is 9.90. The second-order valence-electron chi connectivity index (χ2n) is 3.04. The zero-order chi connectivity index (χ0) is 10.8. The predicted molar refractivity (Wildman–Crippen MR) is 61.6 cm³/mol. The van der Waals surface area contributed by atoms with Gasteiger partial charge in [-0.15, -0.1) is 11.3 Å². The van der Waals surface area contributed by atoms with Crippen molar-refractivity contribution in [2.45, 2.75) is 12.5 Å². The molecular weight excluding hydrogens is 255 g/mol. The quantitative estimate of drug-likeness (QED) is 0.894. The molecule has 15 heavy (non-hydrogen) atoms. The number of thiophene rings is 1. The fourth-order valence-electron chi connectivity index (χ4n) is 1.28. The van der Waals surface area contributed by atoms with Gasteiger partial charge in [-0.1, -0.05) is 23.2 Å². The Morgan fingerprint density at radius 1 is 1.53 bits per heavy atom. The Morgan fingerprint density at radius 2 is 2.33 bits per heavy atom. The second kappa shape index (κ2) is 4.53. The first-order chi connectivity index (χ1) is 7.16. The predicted octanol–water partition coefficient (Wildman–Crippen LogP) is 3.05. The molecule has 1 atom stereocenters. The molecule has 2 heterocycles. The van der Waals surface area contributed by atoms with Gasteiger partial charge in [-0.05, 0) is 6.07 Å². The van der Waals surface area contributed by atoms with Crippen LogP contribution in [0.4, 0.5) is 0 Å². The average molecular weight is 263 g/mol. The molecule has 0 aliphatic rings. The molecule has 0 spiro atoms. The molecule has 2 rings (SSSR count). The number of hydrogen-bond donors (Lipinski definition) is 2. The first-order valence-corrected chi connectivity index (χ1v) is 5.85. The van der Waals surface area contributed by atoms with Gasteiger partial charge in [-0.3, -0.25) is 0 Å². The minimum Gasteiger partial charge on any atom is -0.388 e. The maximum Gasteiger partial charge on any atom is 0.108 e. The number of nitrogens with one attached hydrogen (secondary N) is 1. The van der Waals surface area contributed by atoms with Crippen LogP contribution < -0.4 is 0 Å². The Kier molecular flexibility index (Phi) is 3.31. The van der Waals surface area contributed by atoms with E-state index in [1.54, 1.807) is 18.5 Å². The van der Waals surface area contributed by atoms with Crippen LogP contribution in [0.3, 0.4) is 0 Å². The van der Waals surface area contributed by atoms with E-state index in [2.05, 4.69) is 9.97 Å². The molecule has 0 radical (unpaired) electrons. The number of aromatic amines is 1. The summed E-state index contributed by atoms with van der Waals surface area (Å²) >= 11 is 13.0. The van der Waals surface area contributed by atoms with Crippen molar-refractivity contribution in [3.63, 3.8) is 0 Å². The molecule has 1 unspecified atom stereocenters. The van der Waals surface area contributed by atoms with E-state index in [1.165, 1.54) is 11.3 Å². The lowest BCUT2D eigenvalue weighted by molar-refractivity contribution is 0.176. The highest BCUT2D eigenvalue weighted by atomic mass is 35.5. The van der Waals surface area contributed by atoms with Crippen LogP contribution in [0.5, 0.6) is 0 Å². The topological polar surface area (TPSA) is 48.9 Å². The Hall–Kier alpha value is -0.550. The molecule has 2 N–H and O–H groups in total. The van der Waals surface area contributed by atoms with Crippen molar-refractivity contribution in [2.24, 2.45) is 0 Å². The molecule has 0 saturated heterocycles. The Balaban J connectivity index is 2.14. The number of nitrogens with zero attached hydrogens (tertiary/aromatic N) is 1. The van der Waals surface area contributed by atoms with E-state index >= 15 is 0 Å². The molecule has 0 aromatic carbocycles. The van der Waals surface area contributed by atoms with Gasteiger partial charge in [-0.2, -0.15) is 0 Å². The first kappa shape index (κ1) is 11.0. The van der Waals surface area contributed by atoms with Crippen LogP contribution in [0, 0.1) is 0 Å². The normalized spacial score (nSPS) is 13.0. The SMILES string of the molecule is OC(Cc1ncc[nH]1)c1cc(Cl)sc1Cl. The fraction of sp³-hybridized carbons (Fsp3) is 0.222. The van der Waals surface area contributed by atoms with E-state index in [9.17, 15) is 5.11 Å². The fourth-order valence-corrected chi connectivity index (χ4v) is 2.85. The highest BCUT2D eigenvalue weighted by Gasteiger charge is 2.16. The van der Waals surface area contributed by atoms with Crippen LogP contribution in [-0.4, -0.2) is 15.1 Å². The van der Waals surface area contributed by atoms with Gasteiger partial charge in [0, 0.05) is 24.4 Å². The van der Waals surface area contributed by atoms with Crippen molar-refractivity contribution in [3.8, 4) is 0 Å². The van der Waals surface area contributed by atoms with Crippen LogP contribution in [0.25, 0.3) is 0 Å². The summed E-state index contributed by atoms with van der Waals surface area (Å²) in [5, 5.41) is 9.89. The Labute approximate surface area is 101 Å². The van der Waals surface area contributed by atoms with E-state index in [4.69, 9.17) is 23.2 Å². The summed E-state index contributed by atoms with van der Waals surface area (Å²) in [6.45, 7) is 0. The van der Waals surface area contributed by atoms with Gasteiger partial charge in [0.15, 0.2) is 0 Å². The molecule has 6 heteroatoms. The lowest BCUT2D eigenvalue weighted by atomic mass is 10.1. The average Bonchev–Trinajstić information content (AvgIpc) is 2.75. The van der Waals surface area contributed by atoms with E-state index in [-0.39, 0.29) is 0 Å². The third-order valence-corrected chi connectivity index (χ3v) is 3.50. The van der Waals surface area contributed by atoms with Crippen molar-refractivity contribution in [1.82, 2.24) is 9.97 Å². The molecule has 80 valence electrons. The van der Waals surface area contributed by atoms with E-state index in [0.717, 1.165) is 5.82 Å². The maximum atomic E-state index is 9.89. The summed E-state index contributed by atoms with van der Waals surface area (Å²) < 4.78 is 1.10. The highest BCUT2D eigenvalue weighted by molar-refractivity contribution is 7.20. The number of aromatic nitrogens is 2. The molecule has 0 aliphatic carbocycles. The summed E-state index contributed by atoms with van der Waals surface area (Å²) in [6.07, 6.45) is 3.08. The van der Waals surface area contributed by atoms with Crippen LogP contribution in [0.1, 0.15) is 17.5 Å². The van der Waals surface area contributed by atoms with Crippen molar-refractivity contribution in [3.05, 3.63) is 38.5 Å². The number of rotatable bonds is 3. The number of aliphatic hydroxyl groups excluding tert-OH is 1. The van der Waals surface area contributed by atoms with E-state index in [0.29, 0.717) is 20.7 Å². The van der Waals surface area contributed by atoms with Crippen molar-refractivity contribution in [1.29, 1.82) is 0 Å². The van der Waals surface area contributed by atoms with Gasteiger partial charge in [0.1, 0.15) is 10.2 Å². The number of hydrogen-bond acceptors (Lipinski definition) is 3. The molecule has 2 aromatic heterocycles. The summed E-state index contributed by atoms with van der Waals surface area (Å²) in [7, 11) is 0. The zero-order valence-electron chi connectivity index (χ0n) is 7.58. The summed E-state index contributed by atoms with van der Waals surface area (Å²) in [4.78, 5) is 6.95. The van der Waals surface area contributed by atoms with Crippen molar-refractivity contribution < 1.29 is 5.11 Å². The van der Waals surface area contributed by atoms with Crippen LogP contribution in [0.2, 0.25) is 8.67 Å². The monoisotopic (exact) mass is 262 g/mol. The molecule has 0 bridgehead atoms. The van der Waals surface area contributed by atoms with Gasteiger partial charge in [-0.25, -0.2) is 4.98 Å². The molecule has 0 aliphatic heterocycles. The highest BCUT2D eigenvalue weighted by Crippen LogP contribution is 2.35. The molecule has 2 aromatic rings. The van der Waals surface area contributed by atoms with Crippen molar-refractivity contribution in [2.75, 3.05) is 0 Å². The van der Waals surface area contributed by atoms with Gasteiger partial charge < -0.3 is 10.1 Å². The van der Waals surface area contributed by atoms with Crippen LogP contribution in [0.15, 0.2) is 18.5 Å². The van der Waals surface area contributed by atoms with Gasteiger partial charge in [0.25, 0.3) is 0 Å². The number of aliphatic hydroxyl groups is 1. The minimum atomic E-state index is -0.674. The van der Waals surface area contributed by atoms with Crippen LogP contribution >= 0.6 is 34.5 Å². The first-order valence-electron chi connectivity index (χ1n) is 4.28. The third-order valence-electron chi connectivity index (χ3n) is 1.98. The number of halogens is 2. The largest absolute Gasteiger partial charge is 0.388 e. The second-order valence-corrected chi connectivity index (χ2v) is 5.32. The number of imidazole rings is 1. The summed E-state index contributed by atoms with van der Waals surface area (Å²) in [5.74, 6) is 0.723. The standard InChI is InChI=1S/C9H8Cl2N2OS/c10-7-3-5(9(11)15-7)6(14)4-8-12-1-2-13-8/h1-3,6,14H,4H2,(H,12,13). The van der Waals surface area contributed by atoms with E-state index < -0.39 is 6.10 Å². The van der Waals surface area contributed by atoms with Gasteiger partial charge in [0.05, 0.1) is 10.4 Å². The molecule has 0 fully saturated rings. The third kappa shape index (κ3) is 2.52. The molecule has 3 nitrogen and oxygen atoms in total. The maximum absolute atomic E-state index is 9.89. The molecule has 0 amide bonds. The Morgan fingerprint density at radius 3 is 2.87 bits per heavy atom. The Bertz CT molecular complexity index is 441. The number of H-pyrrole nitrogens is 1. The van der Waals surface area contributed by atoms with E-state index in [1.807, 2.05) is 0 Å². The van der Waals surface area contributed by atoms with Gasteiger partial charge >= 0.3 is 0 Å².